The van der Waals surface area contributed by atoms with E-state index in [9.17, 15) is 9.59 Å². The SMILES string of the molecule is O=C(O)c1cccnc1NC(=O)C1Cc2ccccc2C1. The van der Waals surface area contributed by atoms with E-state index in [4.69, 9.17) is 5.11 Å². The van der Waals surface area contributed by atoms with E-state index in [0.29, 0.717) is 12.8 Å². The number of nitrogens with zero attached hydrogens (tertiary/aromatic N) is 1. The number of hydrogen-bond acceptors (Lipinski definition) is 3. The molecule has 2 aromatic rings. The highest BCUT2D eigenvalue weighted by atomic mass is 16.4. The molecule has 2 N–H and O–H groups in total. The third-order valence-electron chi connectivity index (χ3n) is 3.70. The number of hydrogen-bond donors (Lipinski definition) is 2. The minimum Gasteiger partial charge on any atom is -0.478 e. The first kappa shape index (κ1) is 13.3. The van der Waals surface area contributed by atoms with Crippen LogP contribution in [0.1, 0.15) is 21.5 Å². The summed E-state index contributed by atoms with van der Waals surface area (Å²) in [7, 11) is 0. The predicted octanol–water partition coefficient (Wildman–Crippen LogP) is 2.13. The molecule has 21 heavy (non-hydrogen) atoms. The van der Waals surface area contributed by atoms with Crippen molar-refractivity contribution in [2.24, 2.45) is 5.92 Å². The molecule has 106 valence electrons. The number of aromatic nitrogens is 1. The average Bonchev–Trinajstić information content (AvgIpc) is 2.91. The Balaban J connectivity index is 1.76. The summed E-state index contributed by atoms with van der Waals surface area (Å²) >= 11 is 0. The van der Waals surface area contributed by atoms with Crippen molar-refractivity contribution in [1.82, 2.24) is 4.98 Å². The number of carbonyl (C=O) groups is 2. The largest absolute Gasteiger partial charge is 0.478 e. The summed E-state index contributed by atoms with van der Waals surface area (Å²) in [6, 6.07) is 10.9. The molecule has 1 aromatic heterocycles. The molecule has 0 aliphatic heterocycles. The van der Waals surface area contributed by atoms with E-state index in [-0.39, 0.29) is 23.2 Å². The normalized spacial score (nSPS) is 13.7. The van der Waals surface area contributed by atoms with E-state index in [1.54, 1.807) is 0 Å². The quantitative estimate of drug-likeness (QED) is 0.904. The highest BCUT2D eigenvalue weighted by Gasteiger charge is 2.28. The van der Waals surface area contributed by atoms with Crippen LogP contribution >= 0.6 is 0 Å². The molecular formula is C16H14N2O3. The van der Waals surface area contributed by atoms with Crippen LogP contribution < -0.4 is 5.32 Å². The molecule has 0 saturated carbocycles. The Kier molecular flexibility index (Phi) is 3.39. The molecule has 5 heteroatoms. The van der Waals surface area contributed by atoms with Crippen molar-refractivity contribution in [2.45, 2.75) is 12.8 Å². The van der Waals surface area contributed by atoms with Crippen molar-refractivity contribution < 1.29 is 14.7 Å². The van der Waals surface area contributed by atoms with Gasteiger partial charge in [0.1, 0.15) is 11.4 Å². The third kappa shape index (κ3) is 2.63. The topological polar surface area (TPSA) is 79.3 Å². The molecule has 0 bridgehead atoms. The van der Waals surface area contributed by atoms with E-state index in [0.717, 1.165) is 0 Å². The van der Waals surface area contributed by atoms with Crippen LogP contribution in [-0.2, 0) is 17.6 Å². The van der Waals surface area contributed by atoms with Crippen LogP contribution in [0.5, 0.6) is 0 Å². The fourth-order valence-corrected chi connectivity index (χ4v) is 2.64. The van der Waals surface area contributed by atoms with E-state index in [1.165, 1.54) is 29.5 Å². The Labute approximate surface area is 121 Å². The van der Waals surface area contributed by atoms with E-state index < -0.39 is 5.97 Å². The lowest BCUT2D eigenvalue weighted by molar-refractivity contribution is -0.119. The van der Waals surface area contributed by atoms with Crippen molar-refractivity contribution >= 4 is 17.7 Å². The Bertz CT molecular complexity index is 687. The number of pyridine rings is 1. The maximum absolute atomic E-state index is 12.3. The fourth-order valence-electron chi connectivity index (χ4n) is 2.64. The maximum Gasteiger partial charge on any atom is 0.339 e. The van der Waals surface area contributed by atoms with Crippen LogP contribution in [0.15, 0.2) is 42.6 Å². The van der Waals surface area contributed by atoms with Gasteiger partial charge < -0.3 is 10.4 Å². The fraction of sp³-hybridized carbons (Fsp3) is 0.188. The monoisotopic (exact) mass is 282 g/mol. The third-order valence-corrected chi connectivity index (χ3v) is 3.70. The van der Waals surface area contributed by atoms with Gasteiger partial charge in [0, 0.05) is 12.1 Å². The Morgan fingerprint density at radius 2 is 1.76 bits per heavy atom. The standard InChI is InChI=1S/C16H14N2O3/c19-15(12-8-10-4-1-2-5-11(10)9-12)18-14-13(16(20)21)6-3-7-17-14/h1-7,12H,8-9H2,(H,20,21)(H,17,18,19). The minimum absolute atomic E-state index is 0.00126. The molecule has 0 unspecified atom stereocenters. The molecule has 3 rings (SSSR count). The van der Waals surface area contributed by atoms with Gasteiger partial charge >= 0.3 is 5.97 Å². The maximum atomic E-state index is 12.3. The number of carboxylic acids is 1. The highest BCUT2D eigenvalue weighted by Crippen LogP contribution is 2.27. The number of benzene rings is 1. The second-order valence-corrected chi connectivity index (χ2v) is 5.07. The zero-order valence-corrected chi connectivity index (χ0v) is 11.2. The van der Waals surface area contributed by atoms with E-state index >= 15 is 0 Å². The molecule has 0 fully saturated rings. The van der Waals surface area contributed by atoms with Gasteiger partial charge in [-0.2, -0.15) is 0 Å². The van der Waals surface area contributed by atoms with Crippen LogP contribution in [-0.4, -0.2) is 22.0 Å². The first-order valence-electron chi connectivity index (χ1n) is 6.71. The van der Waals surface area contributed by atoms with Gasteiger partial charge in [0.05, 0.1) is 0 Å². The molecule has 0 spiro atoms. The number of amides is 1. The summed E-state index contributed by atoms with van der Waals surface area (Å²) in [6.07, 6.45) is 2.82. The molecule has 1 aliphatic carbocycles. The summed E-state index contributed by atoms with van der Waals surface area (Å²) < 4.78 is 0. The molecule has 0 saturated heterocycles. The summed E-state index contributed by atoms with van der Waals surface area (Å²) in [5.41, 5.74) is 2.36. The van der Waals surface area contributed by atoms with Crippen molar-refractivity contribution in [1.29, 1.82) is 0 Å². The van der Waals surface area contributed by atoms with Gasteiger partial charge in [-0.15, -0.1) is 0 Å². The van der Waals surface area contributed by atoms with Crippen molar-refractivity contribution in [2.75, 3.05) is 5.32 Å². The lowest BCUT2D eigenvalue weighted by Gasteiger charge is -2.11. The smallest absolute Gasteiger partial charge is 0.339 e. The van der Waals surface area contributed by atoms with Crippen LogP contribution in [0.3, 0.4) is 0 Å². The lowest BCUT2D eigenvalue weighted by atomic mass is 10.1. The zero-order valence-electron chi connectivity index (χ0n) is 11.2. The first-order chi connectivity index (χ1) is 10.1. The van der Waals surface area contributed by atoms with Crippen molar-refractivity contribution in [3.8, 4) is 0 Å². The van der Waals surface area contributed by atoms with Crippen molar-refractivity contribution in [3.63, 3.8) is 0 Å². The molecule has 5 nitrogen and oxygen atoms in total. The lowest BCUT2D eigenvalue weighted by Crippen LogP contribution is -2.24. The number of nitrogens with one attached hydrogen (secondary N) is 1. The van der Waals surface area contributed by atoms with Gasteiger partial charge in [0.15, 0.2) is 0 Å². The number of carbonyl (C=O) groups excluding carboxylic acids is 1. The van der Waals surface area contributed by atoms with Gasteiger partial charge in [0.25, 0.3) is 0 Å². The van der Waals surface area contributed by atoms with Crippen molar-refractivity contribution in [3.05, 3.63) is 59.3 Å². The molecule has 0 radical (unpaired) electrons. The Morgan fingerprint density at radius 1 is 1.10 bits per heavy atom. The van der Waals surface area contributed by atoms with Gasteiger partial charge in [-0.1, -0.05) is 24.3 Å². The minimum atomic E-state index is -1.10. The van der Waals surface area contributed by atoms with Gasteiger partial charge in [-0.25, -0.2) is 9.78 Å². The number of carboxylic acid groups (broad SMARTS) is 1. The molecular weight excluding hydrogens is 268 g/mol. The summed E-state index contributed by atoms with van der Waals surface area (Å²) in [6.45, 7) is 0. The van der Waals surface area contributed by atoms with Gasteiger partial charge in [-0.3, -0.25) is 4.79 Å². The zero-order chi connectivity index (χ0) is 14.8. The highest BCUT2D eigenvalue weighted by molar-refractivity contribution is 6.00. The van der Waals surface area contributed by atoms with E-state index in [2.05, 4.69) is 10.3 Å². The molecule has 1 aromatic carbocycles. The van der Waals surface area contributed by atoms with E-state index in [1.807, 2.05) is 24.3 Å². The Hall–Kier alpha value is -2.69. The average molecular weight is 282 g/mol. The predicted molar refractivity (Wildman–Crippen MR) is 77.2 cm³/mol. The van der Waals surface area contributed by atoms with Gasteiger partial charge in [-0.05, 0) is 36.1 Å². The molecule has 1 amide bonds. The Morgan fingerprint density at radius 3 is 2.38 bits per heavy atom. The second-order valence-electron chi connectivity index (χ2n) is 5.07. The summed E-state index contributed by atoms with van der Waals surface area (Å²) in [4.78, 5) is 27.4. The number of fused-ring (bicyclic) bond motifs is 1. The molecule has 1 heterocycles. The van der Waals surface area contributed by atoms with Crippen LogP contribution in [0.2, 0.25) is 0 Å². The van der Waals surface area contributed by atoms with Crippen LogP contribution in [0.4, 0.5) is 5.82 Å². The first-order valence-corrected chi connectivity index (χ1v) is 6.71. The molecule has 1 aliphatic rings. The number of rotatable bonds is 3. The number of anilines is 1. The summed E-state index contributed by atoms with van der Waals surface area (Å²) in [5.74, 6) is -1.36. The number of aromatic carboxylic acids is 1. The molecule has 0 atom stereocenters. The second kappa shape index (κ2) is 5.36. The van der Waals surface area contributed by atoms with Crippen LogP contribution in [0, 0.1) is 5.92 Å². The summed E-state index contributed by atoms with van der Waals surface area (Å²) in [5, 5.41) is 11.7. The van der Waals surface area contributed by atoms with Gasteiger partial charge in [0.2, 0.25) is 5.91 Å². The van der Waals surface area contributed by atoms with Crippen LogP contribution in [0.25, 0.3) is 0 Å².